The van der Waals surface area contributed by atoms with Gasteiger partial charge in [0.2, 0.25) is 0 Å². The topological polar surface area (TPSA) is 68.6 Å². The Morgan fingerprint density at radius 2 is 1.75 bits per heavy atom. The summed E-state index contributed by atoms with van der Waals surface area (Å²) in [6.07, 6.45) is 6.80. The first-order valence-corrected chi connectivity index (χ1v) is 11.1. The molecular weight excluding hydrogens is 354 g/mol. The van der Waals surface area contributed by atoms with Crippen LogP contribution in [0.25, 0.3) is 0 Å². The monoisotopic (exact) mass is 389 g/mol. The Morgan fingerprint density at radius 3 is 2.39 bits per heavy atom. The van der Waals surface area contributed by atoms with Gasteiger partial charge in [-0.15, -0.1) is 0 Å². The van der Waals surface area contributed by atoms with Crippen LogP contribution in [-0.4, -0.2) is 32.1 Å². The molecule has 5 heteroatoms. The van der Waals surface area contributed by atoms with Gasteiger partial charge in [0.15, 0.2) is 5.79 Å². The highest BCUT2D eigenvalue weighted by Gasteiger charge is 2.67. The summed E-state index contributed by atoms with van der Waals surface area (Å²) in [5.41, 5.74) is -0.284. The van der Waals surface area contributed by atoms with Crippen LogP contribution in [0, 0.1) is 51.8 Å². The fraction of sp³-hybridized carbons (Fsp3) is 0.913. The summed E-state index contributed by atoms with van der Waals surface area (Å²) >= 11 is 0. The molecule has 28 heavy (non-hydrogen) atoms. The molecule has 4 aliphatic rings. The lowest BCUT2D eigenvalue weighted by Gasteiger charge is -2.55. The van der Waals surface area contributed by atoms with Gasteiger partial charge in [0, 0.05) is 11.8 Å². The molecule has 0 aromatic carbocycles. The molecule has 3 saturated carbocycles. The van der Waals surface area contributed by atoms with Crippen LogP contribution >= 0.6 is 0 Å². The molecule has 4 rings (SSSR count). The fourth-order valence-electron chi connectivity index (χ4n) is 7.42. The molecule has 0 unspecified atom stereocenters. The molecule has 1 spiro atoms. The number of hydrogen-bond acceptors (Lipinski definition) is 5. The lowest BCUT2D eigenvalue weighted by Crippen LogP contribution is -2.55. The van der Waals surface area contributed by atoms with Crippen LogP contribution in [0.3, 0.4) is 0 Å². The average Bonchev–Trinajstić information content (AvgIpc) is 3.29. The molecule has 0 N–H and O–H groups in total. The van der Waals surface area contributed by atoms with E-state index in [9.17, 15) is 10.1 Å². The van der Waals surface area contributed by atoms with Crippen LogP contribution in [0.15, 0.2) is 0 Å². The van der Waals surface area contributed by atoms with Crippen molar-refractivity contribution in [3.63, 3.8) is 0 Å². The van der Waals surface area contributed by atoms with Crippen LogP contribution in [0.1, 0.15) is 65.7 Å². The van der Waals surface area contributed by atoms with Gasteiger partial charge >= 0.3 is 5.97 Å². The van der Waals surface area contributed by atoms with Crippen LogP contribution in [0.5, 0.6) is 0 Å². The van der Waals surface area contributed by atoms with Crippen molar-refractivity contribution in [3.8, 4) is 6.07 Å². The van der Waals surface area contributed by atoms with Crippen molar-refractivity contribution in [2.75, 3.05) is 20.3 Å². The molecule has 0 aromatic heterocycles. The minimum Gasteiger partial charge on any atom is -0.469 e. The Bertz CT molecular complexity index is 666. The van der Waals surface area contributed by atoms with E-state index in [0.29, 0.717) is 19.1 Å². The summed E-state index contributed by atoms with van der Waals surface area (Å²) in [6, 6.07) is 2.70. The summed E-state index contributed by atoms with van der Waals surface area (Å²) in [5, 5.41) is 10.3. The number of methoxy groups -OCH3 is 1. The van der Waals surface area contributed by atoms with Crippen molar-refractivity contribution >= 4 is 5.97 Å². The molecule has 5 nitrogen and oxygen atoms in total. The molecule has 0 bridgehead atoms. The van der Waals surface area contributed by atoms with Gasteiger partial charge in [-0.1, -0.05) is 27.2 Å². The number of nitriles is 1. The second-order valence-corrected chi connectivity index (χ2v) is 10.3. The Morgan fingerprint density at radius 1 is 1.07 bits per heavy atom. The highest BCUT2D eigenvalue weighted by atomic mass is 16.7. The first-order chi connectivity index (χ1) is 13.3. The lowest BCUT2D eigenvalue weighted by molar-refractivity contribution is -0.240. The minimum absolute atomic E-state index is 0.0588. The Hall–Kier alpha value is -1.12. The largest absolute Gasteiger partial charge is 0.469 e. The Labute approximate surface area is 169 Å². The van der Waals surface area contributed by atoms with Crippen LogP contribution in [0.4, 0.5) is 0 Å². The highest BCUT2D eigenvalue weighted by Crippen LogP contribution is 2.66. The quantitative estimate of drug-likeness (QED) is 0.658. The van der Waals surface area contributed by atoms with Crippen molar-refractivity contribution in [2.24, 2.45) is 40.4 Å². The first-order valence-electron chi connectivity index (χ1n) is 11.1. The highest BCUT2D eigenvalue weighted by molar-refractivity contribution is 5.73. The van der Waals surface area contributed by atoms with Crippen molar-refractivity contribution in [1.82, 2.24) is 0 Å². The number of carbonyl (C=O) groups is 1. The molecule has 0 radical (unpaired) electrons. The Balaban J connectivity index is 1.66. The molecule has 0 aromatic rings. The third-order valence-corrected chi connectivity index (χ3v) is 9.16. The summed E-state index contributed by atoms with van der Waals surface area (Å²) in [5.74, 6) is 0.262. The number of carbonyl (C=O) groups excluding carboxylic acids is 1. The predicted octanol–water partition coefficient (Wildman–Crippen LogP) is 4.31. The van der Waals surface area contributed by atoms with Gasteiger partial charge in [-0.25, -0.2) is 0 Å². The van der Waals surface area contributed by atoms with Crippen molar-refractivity contribution in [2.45, 2.75) is 71.5 Å². The molecule has 156 valence electrons. The standard InChI is InChI=1S/C23H35NO4/c1-15-5-8-21(2,19(13-15)20(25)26-4)17-6-9-22(3)18(16(17)14-24)7-10-23(22)27-11-12-28-23/h15-19H,5-13H2,1-4H3/t15-,16+,17-,18-,19+,21+,22-/m0/s1. The second kappa shape index (κ2) is 6.99. The first kappa shape index (κ1) is 20.2. The van der Waals surface area contributed by atoms with E-state index in [2.05, 4.69) is 26.8 Å². The maximum Gasteiger partial charge on any atom is 0.309 e. The van der Waals surface area contributed by atoms with Crippen LogP contribution in [-0.2, 0) is 19.0 Å². The average molecular weight is 390 g/mol. The van der Waals surface area contributed by atoms with E-state index in [4.69, 9.17) is 14.2 Å². The third kappa shape index (κ3) is 2.67. The molecule has 0 amide bonds. The minimum atomic E-state index is -0.499. The lowest BCUT2D eigenvalue weighted by atomic mass is 9.49. The molecule has 1 saturated heterocycles. The number of nitrogens with zero attached hydrogens (tertiary/aromatic N) is 1. The van der Waals surface area contributed by atoms with Gasteiger partial charge in [0.05, 0.1) is 38.2 Å². The molecule has 3 aliphatic carbocycles. The number of esters is 1. The van der Waals surface area contributed by atoms with E-state index in [1.165, 1.54) is 7.11 Å². The zero-order valence-corrected chi connectivity index (χ0v) is 17.8. The predicted molar refractivity (Wildman–Crippen MR) is 104 cm³/mol. The van der Waals surface area contributed by atoms with Gasteiger partial charge in [-0.05, 0) is 55.3 Å². The Kier molecular flexibility index (Phi) is 5.03. The number of fused-ring (bicyclic) bond motifs is 2. The molecule has 7 atom stereocenters. The van der Waals surface area contributed by atoms with Crippen LogP contribution < -0.4 is 0 Å². The SMILES string of the molecule is COC(=O)[C@H]1C[C@@H](C)CC[C@]1(C)[C@H]1CC[C@@]2(C)[C@@H](CCC23OCCO3)[C@@H]1C#N. The second-order valence-electron chi connectivity index (χ2n) is 10.3. The van der Waals surface area contributed by atoms with E-state index in [0.717, 1.165) is 44.9 Å². The maximum atomic E-state index is 12.7. The number of hydrogen-bond donors (Lipinski definition) is 0. The molecular formula is C23H35NO4. The van der Waals surface area contributed by atoms with Crippen molar-refractivity contribution < 1.29 is 19.0 Å². The van der Waals surface area contributed by atoms with E-state index in [-0.39, 0.29) is 40.5 Å². The normalized spacial score (nSPS) is 47.5. The smallest absolute Gasteiger partial charge is 0.309 e. The van der Waals surface area contributed by atoms with E-state index in [1.807, 2.05) is 0 Å². The molecule has 4 fully saturated rings. The zero-order valence-electron chi connectivity index (χ0n) is 17.8. The van der Waals surface area contributed by atoms with Crippen molar-refractivity contribution in [3.05, 3.63) is 0 Å². The fourth-order valence-corrected chi connectivity index (χ4v) is 7.42. The maximum absolute atomic E-state index is 12.7. The third-order valence-electron chi connectivity index (χ3n) is 9.16. The molecule has 1 aliphatic heterocycles. The van der Waals surface area contributed by atoms with Gasteiger partial charge in [-0.2, -0.15) is 5.26 Å². The molecule has 1 heterocycles. The van der Waals surface area contributed by atoms with Gasteiger partial charge in [-0.3, -0.25) is 4.79 Å². The summed E-state index contributed by atoms with van der Waals surface area (Å²) < 4.78 is 17.5. The number of ether oxygens (including phenoxy) is 3. The summed E-state index contributed by atoms with van der Waals surface area (Å²) in [4.78, 5) is 12.7. The van der Waals surface area contributed by atoms with E-state index < -0.39 is 5.79 Å². The van der Waals surface area contributed by atoms with Gasteiger partial charge in [0.1, 0.15) is 0 Å². The summed E-state index contributed by atoms with van der Waals surface area (Å²) in [6.45, 7) is 8.07. The van der Waals surface area contributed by atoms with E-state index >= 15 is 0 Å². The van der Waals surface area contributed by atoms with Crippen molar-refractivity contribution in [1.29, 1.82) is 5.26 Å². The number of rotatable bonds is 2. The summed E-state index contributed by atoms with van der Waals surface area (Å²) in [7, 11) is 1.50. The van der Waals surface area contributed by atoms with Gasteiger partial charge < -0.3 is 14.2 Å². The van der Waals surface area contributed by atoms with E-state index in [1.54, 1.807) is 0 Å². The van der Waals surface area contributed by atoms with Crippen LogP contribution in [0.2, 0.25) is 0 Å². The zero-order chi connectivity index (χ0) is 20.2. The van der Waals surface area contributed by atoms with Gasteiger partial charge in [0.25, 0.3) is 0 Å².